The van der Waals surface area contributed by atoms with E-state index in [9.17, 15) is 21.6 Å². The van der Waals surface area contributed by atoms with Crippen molar-refractivity contribution >= 4 is 10.0 Å². The summed E-state index contributed by atoms with van der Waals surface area (Å²) in [4.78, 5) is 0. The fraction of sp³-hybridized carbons (Fsp3) is 0.857. The van der Waals surface area contributed by atoms with Crippen molar-refractivity contribution in [3.05, 3.63) is 0 Å². The van der Waals surface area contributed by atoms with Gasteiger partial charge < -0.3 is 0 Å². The van der Waals surface area contributed by atoms with Crippen molar-refractivity contribution in [2.24, 2.45) is 5.92 Å². The van der Waals surface area contributed by atoms with Crippen molar-refractivity contribution in [3.8, 4) is 11.8 Å². The molecule has 122 valence electrons. The lowest BCUT2D eigenvalue weighted by atomic mass is 10.0. The van der Waals surface area contributed by atoms with E-state index in [0.717, 1.165) is 12.8 Å². The number of hydrogen-bond acceptors (Lipinski definition) is 2. The second-order valence-corrected chi connectivity index (χ2v) is 7.07. The predicted molar refractivity (Wildman–Crippen MR) is 75.8 cm³/mol. The van der Waals surface area contributed by atoms with Gasteiger partial charge in [-0.2, -0.15) is 17.5 Å². The van der Waals surface area contributed by atoms with Crippen LogP contribution in [0.4, 0.5) is 13.2 Å². The first-order chi connectivity index (χ1) is 9.75. The molecule has 0 N–H and O–H groups in total. The van der Waals surface area contributed by atoms with Crippen LogP contribution >= 0.6 is 0 Å². The SMILES string of the molecule is CCCCC#C[C@H]1CCC[C@H]1N(CC)S(=O)(=O)C(F)(F)F. The van der Waals surface area contributed by atoms with E-state index in [1.54, 1.807) is 0 Å². The highest BCUT2D eigenvalue weighted by atomic mass is 32.2. The fourth-order valence-electron chi connectivity index (χ4n) is 2.64. The summed E-state index contributed by atoms with van der Waals surface area (Å²) in [6.07, 6.45) is 4.47. The molecule has 7 heteroatoms. The molecule has 1 fully saturated rings. The standard InChI is InChI=1S/C14H22F3NO2S/c1-3-5-6-7-9-12-10-8-11-13(12)18(4-2)21(19,20)14(15,16)17/h12-13H,3-6,8,10-11H2,1-2H3/t12-,13+/m0/s1. The van der Waals surface area contributed by atoms with Crippen molar-refractivity contribution in [2.75, 3.05) is 6.54 Å². The maximum Gasteiger partial charge on any atom is 0.511 e. The van der Waals surface area contributed by atoms with Crippen LogP contribution < -0.4 is 0 Å². The third-order valence-corrected chi connectivity index (χ3v) is 5.44. The minimum atomic E-state index is -5.27. The van der Waals surface area contributed by atoms with Crippen LogP contribution in [-0.4, -0.2) is 30.8 Å². The molecule has 0 aromatic rings. The molecule has 0 heterocycles. The predicted octanol–water partition coefficient (Wildman–Crippen LogP) is 3.52. The third-order valence-electron chi connectivity index (χ3n) is 3.71. The van der Waals surface area contributed by atoms with E-state index in [1.165, 1.54) is 6.92 Å². The fourth-order valence-corrected chi connectivity index (χ4v) is 3.85. The Morgan fingerprint density at radius 1 is 1.24 bits per heavy atom. The van der Waals surface area contributed by atoms with Crippen molar-refractivity contribution < 1.29 is 21.6 Å². The van der Waals surface area contributed by atoms with E-state index in [0.29, 0.717) is 30.0 Å². The summed E-state index contributed by atoms with van der Waals surface area (Å²) in [5, 5.41) is 0. The van der Waals surface area contributed by atoms with Crippen LogP contribution in [0.5, 0.6) is 0 Å². The molecule has 0 bridgehead atoms. The van der Waals surface area contributed by atoms with E-state index < -0.39 is 21.6 Å². The van der Waals surface area contributed by atoms with Crippen LogP contribution in [0.3, 0.4) is 0 Å². The van der Waals surface area contributed by atoms with Gasteiger partial charge in [0.15, 0.2) is 0 Å². The molecule has 2 atom stereocenters. The number of sulfonamides is 1. The molecule has 0 radical (unpaired) electrons. The van der Waals surface area contributed by atoms with Crippen LogP contribution in [0.15, 0.2) is 0 Å². The molecule has 1 saturated carbocycles. The van der Waals surface area contributed by atoms with Crippen LogP contribution in [0.1, 0.15) is 52.4 Å². The van der Waals surface area contributed by atoms with Crippen LogP contribution in [-0.2, 0) is 10.0 Å². The molecule has 0 unspecified atom stereocenters. The quantitative estimate of drug-likeness (QED) is 0.573. The van der Waals surface area contributed by atoms with E-state index in [2.05, 4.69) is 11.8 Å². The number of rotatable bonds is 5. The molecule has 0 aromatic heterocycles. The Labute approximate surface area is 124 Å². The number of halogens is 3. The highest BCUT2D eigenvalue weighted by molar-refractivity contribution is 7.90. The molecule has 3 nitrogen and oxygen atoms in total. The number of unbranched alkanes of at least 4 members (excludes halogenated alkanes) is 2. The average molecular weight is 325 g/mol. The molecule has 21 heavy (non-hydrogen) atoms. The zero-order valence-electron chi connectivity index (χ0n) is 12.4. The molecular weight excluding hydrogens is 303 g/mol. The summed E-state index contributed by atoms with van der Waals surface area (Å²) in [6, 6.07) is -0.657. The second-order valence-electron chi connectivity index (χ2n) is 5.18. The smallest absolute Gasteiger partial charge is 0.203 e. The molecule has 0 amide bonds. The number of hydrogen-bond donors (Lipinski definition) is 0. The highest BCUT2D eigenvalue weighted by Crippen LogP contribution is 2.36. The van der Waals surface area contributed by atoms with E-state index >= 15 is 0 Å². The Bertz CT molecular complexity index is 491. The van der Waals surface area contributed by atoms with Gasteiger partial charge in [0.2, 0.25) is 0 Å². The first kappa shape index (κ1) is 18.3. The van der Waals surface area contributed by atoms with Gasteiger partial charge in [-0.15, -0.1) is 5.92 Å². The minimum Gasteiger partial charge on any atom is -0.203 e. The van der Waals surface area contributed by atoms with Gasteiger partial charge in [-0.25, -0.2) is 8.42 Å². The van der Waals surface area contributed by atoms with Gasteiger partial charge in [0.1, 0.15) is 0 Å². The van der Waals surface area contributed by atoms with Gasteiger partial charge in [0.25, 0.3) is 0 Å². The maximum atomic E-state index is 12.7. The molecule has 0 saturated heterocycles. The molecule has 1 rings (SSSR count). The number of nitrogens with zero attached hydrogens (tertiary/aromatic N) is 1. The highest BCUT2D eigenvalue weighted by Gasteiger charge is 2.52. The summed E-state index contributed by atoms with van der Waals surface area (Å²) in [5.74, 6) is 5.66. The van der Waals surface area contributed by atoms with E-state index in [4.69, 9.17) is 0 Å². The van der Waals surface area contributed by atoms with Crippen LogP contribution in [0, 0.1) is 17.8 Å². The van der Waals surface area contributed by atoms with E-state index in [-0.39, 0.29) is 12.5 Å². The summed E-state index contributed by atoms with van der Waals surface area (Å²) in [5.41, 5.74) is -5.24. The minimum absolute atomic E-state index is 0.181. The average Bonchev–Trinajstić information content (AvgIpc) is 2.82. The zero-order chi connectivity index (χ0) is 16.1. The second kappa shape index (κ2) is 7.50. The molecule has 0 spiro atoms. The van der Waals surface area contributed by atoms with Gasteiger partial charge in [0.05, 0.1) is 0 Å². The van der Waals surface area contributed by atoms with Gasteiger partial charge in [0, 0.05) is 24.9 Å². The lowest BCUT2D eigenvalue weighted by Gasteiger charge is -2.29. The number of alkyl halides is 3. The molecular formula is C14H22F3NO2S. The maximum absolute atomic E-state index is 12.7. The summed E-state index contributed by atoms with van der Waals surface area (Å²) >= 11 is 0. The molecule has 1 aliphatic rings. The van der Waals surface area contributed by atoms with Gasteiger partial charge in [-0.05, 0) is 19.3 Å². The van der Waals surface area contributed by atoms with Gasteiger partial charge >= 0.3 is 15.5 Å². The lowest BCUT2D eigenvalue weighted by Crippen LogP contribution is -2.47. The summed E-state index contributed by atoms with van der Waals surface area (Å²) in [7, 11) is -5.27. The summed E-state index contributed by atoms with van der Waals surface area (Å²) in [6.45, 7) is 3.29. The summed E-state index contributed by atoms with van der Waals surface area (Å²) < 4.78 is 62.1. The van der Waals surface area contributed by atoms with Crippen LogP contribution in [0.2, 0.25) is 0 Å². The van der Waals surface area contributed by atoms with Crippen LogP contribution in [0.25, 0.3) is 0 Å². The molecule has 0 aliphatic heterocycles. The monoisotopic (exact) mass is 325 g/mol. The first-order valence-corrected chi connectivity index (χ1v) is 8.76. The molecule has 0 aromatic carbocycles. The van der Waals surface area contributed by atoms with E-state index in [1.807, 2.05) is 6.92 Å². The normalized spacial score (nSPS) is 23.1. The lowest BCUT2D eigenvalue weighted by molar-refractivity contribution is -0.0501. The third kappa shape index (κ3) is 4.36. The first-order valence-electron chi connectivity index (χ1n) is 7.32. The Kier molecular flexibility index (Phi) is 6.54. The topological polar surface area (TPSA) is 37.4 Å². The Morgan fingerprint density at radius 3 is 2.43 bits per heavy atom. The van der Waals surface area contributed by atoms with Gasteiger partial charge in [-0.3, -0.25) is 0 Å². The Balaban J connectivity index is 2.91. The van der Waals surface area contributed by atoms with Crippen molar-refractivity contribution in [2.45, 2.75) is 63.9 Å². The zero-order valence-corrected chi connectivity index (χ0v) is 13.2. The molecule has 1 aliphatic carbocycles. The van der Waals surface area contributed by atoms with Crippen molar-refractivity contribution in [3.63, 3.8) is 0 Å². The van der Waals surface area contributed by atoms with Crippen molar-refractivity contribution in [1.29, 1.82) is 0 Å². The van der Waals surface area contributed by atoms with Gasteiger partial charge in [-0.1, -0.05) is 32.6 Å². The largest absolute Gasteiger partial charge is 0.511 e. The van der Waals surface area contributed by atoms with Crippen molar-refractivity contribution in [1.82, 2.24) is 4.31 Å². The Morgan fingerprint density at radius 2 is 1.90 bits per heavy atom. The Hall–Kier alpha value is -0.740.